The van der Waals surface area contributed by atoms with Gasteiger partial charge in [0.25, 0.3) is 0 Å². The largest absolute Gasteiger partial charge is 0.481 e. The highest BCUT2D eigenvalue weighted by Gasteiger charge is 2.30. The highest BCUT2D eigenvalue weighted by molar-refractivity contribution is 5.94. The molecule has 1 amide bonds. The van der Waals surface area contributed by atoms with E-state index in [0.29, 0.717) is 25.0 Å². The predicted molar refractivity (Wildman–Crippen MR) is 80.9 cm³/mol. The molecule has 0 radical (unpaired) electrons. The number of hydrogen-bond acceptors (Lipinski definition) is 2. The number of aliphatic carboxylic acids is 1. The van der Waals surface area contributed by atoms with Crippen LogP contribution in [-0.2, 0) is 9.59 Å². The number of amides is 1. The highest BCUT2D eigenvalue weighted by atomic mass is 19.1. The first-order valence-electron chi connectivity index (χ1n) is 7.36. The van der Waals surface area contributed by atoms with Gasteiger partial charge in [-0.15, -0.1) is 0 Å². The van der Waals surface area contributed by atoms with Gasteiger partial charge in [-0.2, -0.15) is 0 Å². The maximum Gasteiger partial charge on any atom is 0.308 e. The molecule has 0 aliphatic carbocycles. The molecule has 4 nitrogen and oxygen atoms in total. The van der Waals surface area contributed by atoms with E-state index in [-0.39, 0.29) is 24.2 Å². The summed E-state index contributed by atoms with van der Waals surface area (Å²) < 4.78 is 13.0. The van der Waals surface area contributed by atoms with E-state index in [0.717, 1.165) is 5.56 Å². The molecule has 1 aromatic rings. The minimum Gasteiger partial charge on any atom is -0.481 e. The summed E-state index contributed by atoms with van der Waals surface area (Å²) in [5.74, 6) is -2.16. The van der Waals surface area contributed by atoms with Gasteiger partial charge in [-0.25, -0.2) is 4.39 Å². The van der Waals surface area contributed by atoms with E-state index in [9.17, 15) is 14.0 Å². The Kier molecular flexibility index (Phi) is 4.96. The molecule has 0 bridgehead atoms. The Morgan fingerprint density at radius 2 is 2.00 bits per heavy atom. The second-order valence-electron chi connectivity index (χ2n) is 5.73. The van der Waals surface area contributed by atoms with Gasteiger partial charge in [0.1, 0.15) is 5.82 Å². The molecule has 1 N–H and O–H groups in total. The van der Waals surface area contributed by atoms with Gasteiger partial charge in [0.15, 0.2) is 0 Å². The van der Waals surface area contributed by atoms with Crippen molar-refractivity contribution in [3.63, 3.8) is 0 Å². The average molecular weight is 305 g/mol. The van der Waals surface area contributed by atoms with Gasteiger partial charge in [0.05, 0.1) is 5.92 Å². The van der Waals surface area contributed by atoms with E-state index in [1.54, 1.807) is 17.0 Å². The van der Waals surface area contributed by atoms with E-state index in [4.69, 9.17) is 5.11 Å². The van der Waals surface area contributed by atoms with Crippen LogP contribution in [0.25, 0.3) is 0 Å². The second kappa shape index (κ2) is 6.73. The van der Waals surface area contributed by atoms with Gasteiger partial charge >= 0.3 is 5.97 Å². The van der Waals surface area contributed by atoms with Crippen LogP contribution in [0, 0.1) is 11.7 Å². The summed E-state index contributed by atoms with van der Waals surface area (Å²) in [6.45, 7) is 6.48. The molecule has 1 fully saturated rings. The molecular formula is C17H20FNO3. The number of carboxylic acids is 1. The third-order valence-corrected chi connectivity index (χ3v) is 4.23. The maximum atomic E-state index is 13.0. The van der Waals surface area contributed by atoms with Gasteiger partial charge < -0.3 is 10.0 Å². The third kappa shape index (κ3) is 3.53. The molecule has 22 heavy (non-hydrogen) atoms. The Morgan fingerprint density at radius 1 is 1.36 bits per heavy atom. The van der Waals surface area contributed by atoms with Crippen molar-refractivity contribution in [2.75, 3.05) is 13.1 Å². The standard InChI is InChI=1S/C17H20FNO3/c1-11(13-5-7-15(18)8-6-13)12(2)16(20)19-9-3-4-14(10-19)17(21)22/h5-8,11,14H,2-4,9-10H2,1H3,(H,21,22). The van der Waals surface area contributed by atoms with Crippen molar-refractivity contribution in [2.45, 2.75) is 25.7 Å². The summed E-state index contributed by atoms with van der Waals surface area (Å²) in [6.07, 6.45) is 1.28. The van der Waals surface area contributed by atoms with E-state index in [1.165, 1.54) is 12.1 Å². The molecule has 1 aromatic carbocycles. The molecular weight excluding hydrogens is 285 g/mol. The van der Waals surface area contributed by atoms with Crippen molar-refractivity contribution in [1.29, 1.82) is 0 Å². The summed E-state index contributed by atoms with van der Waals surface area (Å²) in [6, 6.07) is 5.97. The molecule has 2 atom stereocenters. The summed E-state index contributed by atoms with van der Waals surface area (Å²) in [4.78, 5) is 25.2. The quantitative estimate of drug-likeness (QED) is 0.870. The smallest absolute Gasteiger partial charge is 0.308 e. The van der Waals surface area contributed by atoms with Gasteiger partial charge in [0, 0.05) is 24.6 Å². The van der Waals surface area contributed by atoms with Crippen molar-refractivity contribution < 1.29 is 19.1 Å². The maximum absolute atomic E-state index is 13.0. The predicted octanol–water partition coefficient (Wildman–Crippen LogP) is 2.81. The van der Waals surface area contributed by atoms with Crippen LogP contribution in [0.1, 0.15) is 31.2 Å². The zero-order valence-corrected chi connectivity index (χ0v) is 12.6. The van der Waals surface area contributed by atoms with Crippen LogP contribution in [0.3, 0.4) is 0 Å². The Bertz CT molecular complexity index is 582. The number of carbonyl (C=O) groups excluding carboxylic acids is 1. The Labute approximate surface area is 129 Å². The number of nitrogens with zero attached hydrogens (tertiary/aromatic N) is 1. The Hall–Kier alpha value is -2.17. The number of hydrogen-bond donors (Lipinski definition) is 1. The molecule has 118 valence electrons. The molecule has 1 aliphatic heterocycles. The zero-order valence-electron chi connectivity index (χ0n) is 12.6. The van der Waals surface area contributed by atoms with Crippen LogP contribution in [-0.4, -0.2) is 35.0 Å². The molecule has 2 rings (SSSR count). The minimum atomic E-state index is -0.866. The number of likely N-dealkylation sites (tertiary alicyclic amines) is 1. The van der Waals surface area contributed by atoms with Crippen LogP contribution in [0.15, 0.2) is 36.4 Å². The molecule has 0 saturated carbocycles. The van der Waals surface area contributed by atoms with Crippen LogP contribution in [0.5, 0.6) is 0 Å². The normalized spacial score (nSPS) is 19.5. The van der Waals surface area contributed by atoms with E-state index >= 15 is 0 Å². The first-order chi connectivity index (χ1) is 10.4. The topological polar surface area (TPSA) is 57.6 Å². The molecule has 0 spiro atoms. The lowest BCUT2D eigenvalue weighted by Crippen LogP contribution is -2.43. The second-order valence-corrected chi connectivity index (χ2v) is 5.73. The lowest BCUT2D eigenvalue weighted by atomic mass is 9.91. The number of halogens is 1. The van der Waals surface area contributed by atoms with Crippen molar-refractivity contribution in [2.24, 2.45) is 5.92 Å². The highest BCUT2D eigenvalue weighted by Crippen LogP contribution is 2.26. The summed E-state index contributed by atoms with van der Waals surface area (Å²) in [5.41, 5.74) is 1.21. The summed E-state index contributed by atoms with van der Waals surface area (Å²) in [5, 5.41) is 9.09. The molecule has 1 saturated heterocycles. The first kappa shape index (κ1) is 16.2. The number of carboxylic acid groups (broad SMARTS) is 1. The van der Waals surface area contributed by atoms with E-state index < -0.39 is 11.9 Å². The van der Waals surface area contributed by atoms with E-state index in [2.05, 4.69) is 6.58 Å². The lowest BCUT2D eigenvalue weighted by molar-refractivity contribution is -0.145. The Morgan fingerprint density at radius 3 is 2.59 bits per heavy atom. The fourth-order valence-electron chi connectivity index (χ4n) is 2.70. The van der Waals surface area contributed by atoms with Crippen LogP contribution in [0.2, 0.25) is 0 Å². The average Bonchev–Trinajstić information content (AvgIpc) is 2.53. The number of carbonyl (C=O) groups is 2. The number of rotatable bonds is 4. The monoisotopic (exact) mass is 305 g/mol. The van der Waals surface area contributed by atoms with Crippen molar-refractivity contribution in [3.05, 3.63) is 47.8 Å². The lowest BCUT2D eigenvalue weighted by Gasteiger charge is -2.32. The number of benzene rings is 1. The van der Waals surface area contributed by atoms with Gasteiger partial charge in [-0.1, -0.05) is 25.6 Å². The van der Waals surface area contributed by atoms with Crippen LogP contribution < -0.4 is 0 Å². The molecule has 1 heterocycles. The molecule has 1 aliphatic rings. The van der Waals surface area contributed by atoms with Crippen molar-refractivity contribution in [1.82, 2.24) is 4.90 Å². The Balaban J connectivity index is 2.06. The fraction of sp³-hybridized carbons (Fsp3) is 0.412. The van der Waals surface area contributed by atoms with Gasteiger partial charge in [-0.3, -0.25) is 9.59 Å². The van der Waals surface area contributed by atoms with Crippen LogP contribution >= 0.6 is 0 Å². The van der Waals surface area contributed by atoms with Gasteiger partial charge in [0.2, 0.25) is 5.91 Å². The number of piperidine rings is 1. The van der Waals surface area contributed by atoms with Crippen molar-refractivity contribution >= 4 is 11.9 Å². The summed E-state index contributed by atoms with van der Waals surface area (Å²) >= 11 is 0. The first-order valence-corrected chi connectivity index (χ1v) is 7.36. The SMILES string of the molecule is C=C(C(=O)N1CCCC(C(=O)O)C1)C(C)c1ccc(F)cc1. The minimum absolute atomic E-state index is 0.220. The van der Waals surface area contributed by atoms with Gasteiger partial charge in [-0.05, 0) is 30.5 Å². The van der Waals surface area contributed by atoms with Crippen LogP contribution in [0.4, 0.5) is 4.39 Å². The molecule has 2 unspecified atom stereocenters. The third-order valence-electron chi connectivity index (χ3n) is 4.23. The summed E-state index contributed by atoms with van der Waals surface area (Å²) in [7, 11) is 0. The molecule has 5 heteroatoms. The molecule has 0 aromatic heterocycles. The zero-order chi connectivity index (χ0) is 16.3. The van der Waals surface area contributed by atoms with Crippen molar-refractivity contribution in [3.8, 4) is 0 Å². The van der Waals surface area contributed by atoms with E-state index in [1.807, 2.05) is 6.92 Å². The fourth-order valence-corrected chi connectivity index (χ4v) is 2.70.